The molecule has 0 aliphatic carbocycles. The van der Waals surface area contributed by atoms with E-state index >= 15 is 0 Å². The standard InChI is InChI=1S/C72H63N/c1-40-46(7)70(47(8)41(2)67(40)64-37-52-25-13-16-28-55(52)58-31-19-22-34-61(58)64)73(71-48(9)42(3)68(43(4)49(71)10)65-38-53-26-14-17-29-56(53)59-32-20-23-35-62(59)65)72-50(11)44(5)69(45(6)51(72)12)66-39-54-27-15-18-30-57(54)60-33-21-24-36-63(60)66/h13-39H,1-12H3. The SMILES string of the molecule is Cc1c(C)c(N(c2c(C)c(C)c(-c3cc4ccccc4c4ccccc34)c(C)c2C)c2c(C)c(C)c(-c3cc4ccccc4c4ccccc34)c(C)c2C)c(C)c(C)c1-c1cc2ccccc2c2ccccc12. The van der Waals surface area contributed by atoms with E-state index in [0.717, 1.165) is 0 Å². The summed E-state index contributed by atoms with van der Waals surface area (Å²) >= 11 is 0. The van der Waals surface area contributed by atoms with Gasteiger partial charge in [-0.2, -0.15) is 0 Å². The summed E-state index contributed by atoms with van der Waals surface area (Å²) in [6, 6.07) is 60.9. The topological polar surface area (TPSA) is 3.24 Å². The summed E-state index contributed by atoms with van der Waals surface area (Å²) in [4.78, 5) is 2.73. The van der Waals surface area contributed by atoms with Gasteiger partial charge in [0, 0.05) is 0 Å². The molecule has 356 valence electrons. The zero-order valence-corrected chi connectivity index (χ0v) is 44.5. The van der Waals surface area contributed by atoms with Crippen LogP contribution < -0.4 is 4.90 Å². The summed E-state index contributed by atoms with van der Waals surface area (Å²) in [7, 11) is 0. The Bertz CT molecular complexity index is 3800. The van der Waals surface area contributed by atoms with Gasteiger partial charge >= 0.3 is 0 Å². The average Bonchev–Trinajstić information content (AvgIpc) is 3.41. The molecule has 73 heavy (non-hydrogen) atoms. The Hall–Kier alpha value is -8.00. The van der Waals surface area contributed by atoms with E-state index in [2.05, 4.69) is 252 Å². The van der Waals surface area contributed by atoms with E-state index in [9.17, 15) is 0 Å². The molecule has 0 N–H and O–H groups in total. The fraction of sp³-hybridized carbons (Fsp3) is 0.167. The number of rotatable bonds is 6. The molecule has 0 spiro atoms. The minimum atomic E-state index is 1.27. The number of hydrogen-bond acceptors (Lipinski definition) is 1. The lowest BCUT2D eigenvalue weighted by Crippen LogP contribution is -2.21. The lowest BCUT2D eigenvalue weighted by molar-refractivity contribution is 1.10. The van der Waals surface area contributed by atoms with Gasteiger partial charge in [0.15, 0.2) is 0 Å². The van der Waals surface area contributed by atoms with Crippen molar-refractivity contribution in [2.24, 2.45) is 0 Å². The highest BCUT2D eigenvalue weighted by Crippen LogP contribution is 2.54. The fourth-order valence-corrected chi connectivity index (χ4v) is 13.2. The summed E-state index contributed by atoms with van der Waals surface area (Å²) in [5.74, 6) is 0. The van der Waals surface area contributed by atoms with Crippen molar-refractivity contribution in [1.82, 2.24) is 0 Å². The van der Waals surface area contributed by atoms with Crippen molar-refractivity contribution in [3.8, 4) is 33.4 Å². The molecule has 0 aliphatic rings. The molecule has 0 bridgehead atoms. The first kappa shape index (κ1) is 46.1. The second-order valence-corrected chi connectivity index (χ2v) is 21.1. The molecule has 0 saturated heterocycles. The summed E-state index contributed by atoms with van der Waals surface area (Å²) in [5, 5.41) is 15.4. The van der Waals surface area contributed by atoms with Gasteiger partial charge in [-0.05, 0) is 266 Å². The molecule has 0 heterocycles. The van der Waals surface area contributed by atoms with E-state index in [4.69, 9.17) is 0 Å². The first-order chi connectivity index (χ1) is 35.3. The number of nitrogens with zero attached hydrogens (tertiary/aromatic N) is 1. The van der Waals surface area contributed by atoms with Crippen LogP contribution in [0.2, 0.25) is 0 Å². The smallest absolute Gasteiger partial charge is 0.0526 e. The van der Waals surface area contributed by atoms with Gasteiger partial charge in [-0.1, -0.05) is 146 Å². The Labute approximate surface area is 431 Å². The van der Waals surface area contributed by atoms with Crippen molar-refractivity contribution in [3.05, 3.63) is 231 Å². The molecule has 12 aromatic rings. The number of anilines is 3. The van der Waals surface area contributed by atoms with Crippen LogP contribution in [0.5, 0.6) is 0 Å². The van der Waals surface area contributed by atoms with Gasteiger partial charge in [0.25, 0.3) is 0 Å². The normalized spacial score (nSPS) is 11.8. The number of hydrogen-bond donors (Lipinski definition) is 0. The van der Waals surface area contributed by atoms with Crippen molar-refractivity contribution in [3.63, 3.8) is 0 Å². The summed E-state index contributed by atoms with van der Waals surface area (Å²) < 4.78 is 0. The maximum atomic E-state index is 2.73. The van der Waals surface area contributed by atoms with Crippen molar-refractivity contribution < 1.29 is 0 Å². The van der Waals surface area contributed by atoms with Crippen molar-refractivity contribution in [2.75, 3.05) is 4.90 Å². The molecule has 0 fully saturated rings. The molecule has 0 aromatic heterocycles. The third kappa shape index (κ3) is 6.81. The molecule has 0 radical (unpaired) electrons. The molecule has 1 nitrogen and oxygen atoms in total. The largest absolute Gasteiger partial charge is 0.309 e. The van der Waals surface area contributed by atoms with Crippen LogP contribution in [0.15, 0.2) is 164 Å². The average molecular weight is 942 g/mol. The van der Waals surface area contributed by atoms with Crippen LogP contribution in [0.4, 0.5) is 17.1 Å². The quantitative estimate of drug-likeness (QED) is 0.150. The highest BCUT2D eigenvalue weighted by molar-refractivity contribution is 6.17. The second-order valence-electron chi connectivity index (χ2n) is 21.1. The lowest BCUT2D eigenvalue weighted by Gasteiger charge is -2.38. The van der Waals surface area contributed by atoms with Crippen LogP contribution in [-0.2, 0) is 0 Å². The monoisotopic (exact) mass is 941 g/mol. The van der Waals surface area contributed by atoms with Gasteiger partial charge in [0.05, 0.1) is 17.1 Å². The summed E-state index contributed by atoms with van der Waals surface area (Å²) in [5.41, 5.74) is 27.4. The van der Waals surface area contributed by atoms with Crippen LogP contribution in [-0.4, -0.2) is 0 Å². The van der Waals surface area contributed by atoms with E-state index in [1.54, 1.807) is 0 Å². The maximum absolute atomic E-state index is 2.73. The third-order valence-electron chi connectivity index (χ3n) is 17.5. The zero-order chi connectivity index (χ0) is 50.7. The number of fused-ring (bicyclic) bond motifs is 9. The molecule has 0 unspecified atom stereocenters. The third-order valence-corrected chi connectivity index (χ3v) is 17.5. The Morgan fingerprint density at radius 2 is 0.397 bits per heavy atom. The van der Waals surface area contributed by atoms with Crippen LogP contribution >= 0.6 is 0 Å². The summed E-state index contributed by atoms with van der Waals surface area (Å²) in [6.07, 6.45) is 0. The first-order valence-corrected chi connectivity index (χ1v) is 26.1. The van der Waals surface area contributed by atoms with Crippen molar-refractivity contribution >= 4 is 81.7 Å². The Morgan fingerprint density at radius 3 is 0.630 bits per heavy atom. The van der Waals surface area contributed by atoms with E-state index in [1.165, 1.54) is 182 Å². The van der Waals surface area contributed by atoms with Gasteiger partial charge in [-0.3, -0.25) is 0 Å². The fourth-order valence-electron chi connectivity index (χ4n) is 13.2. The highest BCUT2D eigenvalue weighted by Gasteiger charge is 2.32. The summed E-state index contributed by atoms with van der Waals surface area (Å²) in [6.45, 7) is 28.5. The maximum Gasteiger partial charge on any atom is 0.0526 e. The first-order valence-electron chi connectivity index (χ1n) is 26.1. The van der Waals surface area contributed by atoms with Gasteiger partial charge in [-0.15, -0.1) is 0 Å². The van der Waals surface area contributed by atoms with E-state index in [0.29, 0.717) is 0 Å². The lowest BCUT2D eigenvalue weighted by atomic mass is 9.81. The van der Waals surface area contributed by atoms with Crippen LogP contribution in [0.3, 0.4) is 0 Å². The molecule has 0 saturated carbocycles. The molecule has 1 heteroatoms. The van der Waals surface area contributed by atoms with Gasteiger partial charge < -0.3 is 4.90 Å². The highest BCUT2D eigenvalue weighted by atomic mass is 15.2. The molecule has 12 rings (SSSR count). The van der Waals surface area contributed by atoms with Gasteiger partial charge in [0.2, 0.25) is 0 Å². The predicted octanol–water partition coefficient (Wildman–Crippen LogP) is 20.8. The molecule has 0 aliphatic heterocycles. The minimum absolute atomic E-state index is 1.27. The Morgan fingerprint density at radius 1 is 0.205 bits per heavy atom. The molecule has 0 atom stereocenters. The van der Waals surface area contributed by atoms with E-state index in [-0.39, 0.29) is 0 Å². The van der Waals surface area contributed by atoms with Crippen molar-refractivity contribution in [1.29, 1.82) is 0 Å². The molecule has 12 aromatic carbocycles. The van der Waals surface area contributed by atoms with E-state index < -0.39 is 0 Å². The van der Waals surface area contributed by atoms with E-state index in [1.807, 2.05) is 0 Å². The van der Waals surface area contributed by atoms with Gasteiger partial charge in [-0.25, -0.2) is 0 Å². The Kier molecular flexibility index (Phi) is 11.0. The zero-order valence-electron chi connectivity index (χ0n) is 44.5. The van der Waals surface area contributed by atoms with Crippen LogP contribution in [0.25, 0.3) is 98.0 Å². The van der Waals surface area contributed by atoms with Crippen LogP contribution in [0.1, 0.15) is 66.8 Å². The van der Waals surface area contributed by atoms with Crippen molar-refractivity contribution in [2.45, 2.75) is 83.1 Å². The second kappa shape index (κ2) is 17.3. The predicted molar refractivity (Wildman–Crippen MR) is 319 cm³/mol. The van der Waals surface area contributed by atoms with Crippen LogP contribution in [0, 0.1) is 83.1 Å². The number of benzene rings is 12. The Balaban J connectivity index is 1.17. The minimum Gasteiger partial charge on any atom is -0.309 e. The molecular weight excluding hydrogens is 879 g/mol. The molecular formula is C72H63N. The molecule has 0 amide bonds. The van der Waals surface area contributed by atoms with Gasteiger partial charge in [0.1, 0.15) is 0 Å².